The fraction of sp³-hybridized carbons (Fsp3) is 0.478. The second kappa shape index (κ2) is 8.19. The van der Waals surface area contributed by atoms with Crippen LogP contribution in [0.1, 0.15) is 24.3 Å². The highest BCUT2D eigenvalue weighted by molar-refractivity contribution is 6.33. The molecule has 3 fully saturated rings. The fourth-order valence-electron chi connectivity index (χ4n) is 5.00. The molecular formula is C23H25ClN4O4. The van der Waals surface area contributed by atoms with Gasteiger partial charge in [0.2, 0.25) is 0 Å². The zero-order valence-electron chi connectivity index (χ0n) is 17.5. The molecule has 0 bridgehead atoms. The number of pyridine rings is 1. The largest absolute Gasteiger partial charge is 0.456 e. The second-order valence-electron chi connectivity index (χ2n) is 8.70. The van der Waals surface area contributed by atoms with Gasteiger partial charge in [-0.25, -0.2) is 4.98 Å². The zero-order chi connectivity index (χ0) is 21.7. The molecule has 3 aliphatic rings. The Hall–Kier alpha value is -2.39. The summed E-state index contributed by atoms with van der Waals surface area (Å²) < 4.78 is 17.2. The minimum absolute atomic E-state index is 0.261. The first kappa shape index (κ1) is 20.2. The summed E-state index contributed by atoms with van der Waals surface area (Å²) in [4.78, 5) is 14.6. The lowest BCUT2D eigenvalue weighted by Crippen LogP contribution is -2.34. The molecule has 0 amide bonds. The molecule has 3 aliphatic heterocycles. The van der Waals surface area contributed by atoms with Crippen LogP contribution in [0.2, 0.25) is 5.02 Å². The zero-order valence-corrected chi connectivity index (χ0v) is 18.2. The molecule has 8 nitrogen and oxygen atoms in total. The molecule has 1 aromatic carbocycles. The van der Waals surface area contributed by atoms with E-state index in [1.165, 1.54) is 5.56 Å². The number of aromatic nitrogens is 3. The topological polar surface area (TPSA) is 92.7 Å². The van der Waals surface area contributed by atoms with Crippen molar-refractivity contribution < 1.29 is 19.3 Å². The van der Waals surface area contributed by atoms with Crippen LogP contribution in [-0.2, 0) is 9.47 Å². The SMILES string of the molecule is OC1COC2C(Oc3nc4nc(N5CCC(c6ccccc6)CC5)c(Cl)cc4[nH]3)COC12. The molecule has 2 aromatic heterocycles. The summed E-state index contributed by atoms with van der Waals surface area (Å²) in [6.07, 6.45) is 0.539. The van der Waals surface area contributed by atoms with E-state index in [1.807, 2.05) is 6.07 Å². The molecule has 0 radical (unpaired) electrons. The maximum Gasteiger partial charge on any atom is 0.296 e. The first-order chi connectivity index (χ1) is 15.7. The van der Waals surface area contributed by atoms with Gasteiger partial charge in [-0.3, -0.25) is 0 Å². The van der Waals surface area contributed by atoms with E-state index in [0.717, 1.165) is 37.3 Å². The molecule has 6 rings (SSSR count). The third kappa shape index (κ3) is 3.61. The Balaban J connectivity index is 1.17. The average molecular weight is 457 g/mol. The van der Waals surface area contributed by atoms with Crippen molar-refractivity contribution in [2.45, 2.75) is 43.2 Å². The summed E-state index contributed by atoms with van der Waals surface area (Å²) in [5.41, 5.74) is 2.68. The quantitative estimate of drug-likeness (QED) is 0.623. The van der Waals surface area contributed by atoms with Crippen LogP contribution in [0.5, 0.6) is 6.01 Å². The maximum atomic E-state index is 9.91. The van der Waals surface area contributed by atoms with Gasteiger partial charge in [0.1, 0.15) is 24.1 Å². The molecule has 5 heterocycles. The predicted octanol–water partition coefficient (Wildman–Crippen LogP) is 2.90. The third-order valence-corrected chi connectivity index (χ3v) is 6.97. The molecule has 0 aliphatic carbocycles. The average Bonchev–Trinajstić information content (AvgIpc) is 3.51. The number of fused-ring (bicyclic) bond motifs is 2. The van der Waals surface area contributed by atoms with Gasteiger partial charge >= 0.3 is 0 Å². The van der Waals surface area contributed by atoms with Crippen molar-refractivity contribution in [1.29, 1.82) is 0 Å². The van der Waals surface area contributed by atoms with Crippen molar-refractivity contribution in [1.82, 2.24) is 15.0 Å². The molecule has 3 aromatic rings. The van der Waals surface area contributed by atoms with Crippen molar-refractivity contribution >= 4 is 28.6 Å². The van der Waals surface area contributed by atoms with E-state index in [4.69, 9.17) is 30.8 Å². The van der Waals surface area contributed by atoms with Gasteiger partial charge in [-0.15, -0.1) is 0 Å². The van der Waals surface area contributed by atoms with E-state index in [0.29, 0.717) is 29.2 Å². The molecule has 0 saturated carbocycles. The van der Waals surface area contributed by atoms with Crippen LogP contribution in [0.15, 0.2) is 36.4 Å². The molecule has 168 valence electrons. The number of piperidine rings is 1. The number of hydrogen-bond donors (Lipinski definition) is 2. The van der Waals surface area contributed by atoms with E-state index in [1.54, 1.807) is 0 Å². The molecule has 0 spiro atoms. The van der Waals surface area contributed by atoms with Crippen LogP contribution in [0, 0.1) is 0 Å². The number of anilines is 1. The number of halogens is 1. The standard InChI is InChI=1S/C23H25ClN4O4/c24-15-10-16-21(27-23(25-16)32-18-12-31-19-17(29)11-30-20(18)19)26-22(15)28-8-6-14(7-9-28)13-4-2-1-3-5-13/h1-5,10,14,17-20,29H,6-9,11-12H2,(H,25,26,27). The van der Waals surface area contributed by atoms with Gasteiger partial charge in [0, 0.05) is 13.1 Å². The first-order valence-electron chi connectivity index (χ1n) is 11.1. The Bertz CT molecular complexity index is 1100. The molecule has 9 heteroatoms. The number of ether oxygens (including phenoxy) is 3. The van der Waals surface area contributed by atoms with Crippen LogP contribution >= 0.6 is 11.6 Å². The number of benzene rings is 1. The van der Waals surface area contributed by atoms with Gasteiger partial charge in [-0.2, -0.15) is 4.98 Å². The molecule has 4 unspecified atom stereocenters. The maximum absolute atomic E-state index is 9.91. The monoisotopic (exact) mass is 456 g/mol. The number of nitrogens with one attached hydrogen (secondary N) is 1. The normalized spacial score (nSPS) is 28.4. The van der Waals surface area contributed by atoms with Gasteiger partial charge in [-0.1, -0.05) is 41.9 Å². The van der Waals surface area contributed by atoms with Gasteiger partial charge in [0.25, 0.3) is 6.01 Å². The van der Waals surface area contributed by atoms with E-state index < -0.39 is 6.10 Å². The number of H-pyrrole nitrogens is 1. The van der Waals surface area contributed by atoms with Gasteiger partial charge in [-0.05, 0) is 30.4 Å². The van der Waals surface area contributed by atoms with Crippen LogP contribution in [0.25, 0.3) is 11.2 Å². The Morgan fingerprint density at radius 1 is 1.06 bits per heavy atom. The summed E-state index contributed by atoms with van der Waals surface area (Å²) in [5.74, 6) is 1.32. The van der Waals surface area contributed by atoms with Crippen molar-refractivity contribution in [2.75, 3.05) is 31.2 Å². The Morgan fingerprint density at radius 2 is 1.84 bits per heavy atom. The van der Waals surface area contributed by atoms with Crippen molar-refractivity contribution in [3.63, 3.8) is 0 Å². The molecule has 2 N–H and O–H groups in total. The summed E-state index contributed by atoms with van der Waals surface area (Å²) in [6, 6.07) is 12.9. The number of nitrogens with zero attached hydrogens (tertiary/aromatic N) is 3. The lowest BCUT2D eigenvalue weighted by atomic mass is 9.89. The van der Waals surface area contributed by atoms with Crippen LogP contribution < -0.4 is 9.64 Å². The van der Waals surface area contributed by atoms with Crippen molar-refractivity contribution in [3.05, 3.63) is 47.0 Å². The number of aliphatic hydroxyl groups excluding tert-OH is 1. The number of aliphatic hydroxyl groups is 1. The van der Waals surface area contributed by atoms with Gasteiger partial charge in [0.15, 0.2) is 11.8 Å². The summed E-state index contributed by atoms with van der Waals surface area (Å²) in [5, 5.41) is 10.5. The minimum atomic E-state index is -0.613. The highest BCUT2D eigenvalue weighted by Crippen LogP contribution is 2.35. The fourth-order valence-corrected chi connectivity index (χ4v) is 5.27. The Labute approximate surface area is 190 Å². The Morgan fingerprint density at radius 3 is 2.66 bits per heavy atom. The van der Waals surface area contributed by atoms with Gasteiger partial charge in [0.05, 0.1) is 23.8 Å². The number of rotatable bonds is 4. The highest BCUT2D eigenvalue weighted by atomic mass is 35.5. The summed E-state index contributed by atoms with van der Waals surface area (Å²) in [7, 11) is 0. The van der Waals surface area contributed by atoms with E-state index in [2.05, 4.69) is 45.2 Å². The molecule has 3 saturated heterocycles. The van der Waals surface area contributed by atoms with Crippen molar-refractivity contribution in [2.24, 2.45) is 0 Å². The lowest BCUT2D eigenvalue weighted by Gasteiger charge is -2.33. The van der Waals surface area contributed by atoms with Gasteiger partial charge < -0.3 is 29.2 Å². The lowest BCUT2D eigenvalue weighted by molar-refractivity contribution is 0.00706. The van der Waals surface area contributed by atoms with Crippen LogP contribution in [0.4, 0.5) is 5.82 Å². The Kier molecular flexibility index (Phi) is 5.18. The van der Waals surface area contributed by atoms with E-state index in [-0.39, 0.29) is 24.9 Å². The smallest absolute Gasteiger partial charge is 0.296 e. The van der Waals surface area contributed by atoms with Crippen molar-refractivity contribution in [3.8, 4) is 6.01 Å². The molecule has 32 heavy (non-hydrogen) atoms. The summed E-state index contributed by atoms with van der Waals surface area (Å²) >= 11 is 6.60. The minimum Gasteiger partial charge on any atom is -0.456 e. The first-order valence-corrected chi connectivity index (χ1v) is 11.5. The molecule has 4 atom stereocenters. The second-order valence-corrected chi connectivity index (χ2v) is 9.11. The summed E-state index contributed by atoms with van der Waals surface area (Å²) in [6.45, 7) is 2.40. The van der Waals surface area contributed by atoms with Crippen LogP contribution in [0.3, 0.4) is 0 Å². The third-order valence-electron chi connectivity index (χ3n) is 6.70. The number of imidazole rings is 1. The number of hydrogen-bond acceptors (Lipinski definition) is 7. The van der Waals surface area contributed by atoms with E-state index >= 15 is 0 Å². The molecular weight excluding hydrogens is 432 g/mol. The van der Waals surface area contributed by atoms with E-state index in [9.17, 15) is 5.11 Å². The number of aromatic amines is 1. The predicted molar refractivity (Wildman–Crippen MR) is 119 cm³/mol. The van der Waals surface area contributed by atoms with Crippen LogP contribution in [-0.4, -0.2) is 70.8 Å². The highest BCUT2D eigenvalue weighted by Gasteiger charge is 2.48.